The lowest BCUT2D eigenvalue weighted by molar-refractivity contribution is 0.251. The number of rotatable bonds is 8. The molecular formula is C31H40N2O2. The van der Waals surface area contributed by atoms with Crippen LogP contribution in [-0.4, -0.2) is 44.5 Å². The average Bonchev–Trinajstić information content (AvgIpc) is 3.27. The van der Waals surface area contributed by atoms with E-state index in [-0.39, 0.29) is 30.0 Å². The summed E-state index contributed by atoms with van der Waals surface area (Å²) in [5.74, 6) is 1.38. The monoisotopic (exact) mass is 472 g/mol. The fourth-order valence-electron chi connectivity index (χ4n) is 5.65. The lowest BCUT2D eigenvalue weighted by Gasteiger charge is -2.39. The Morgan fingerprint density at radius 2 is 1.57 bits per heavy atom. The zero-order chi connectivity index (χ0) is 25.0. The van der Waals surface area contributed by atoms with Gasteiger partial charge in [0.1, 0.15) is 5.75 Å². The van der Waals surface area contributed by atoms with E-state index in [1.807, 2.05) is 0 Å². The minimum atomic E-state index is 0.0380. The van der Waals surface area contributed by atoms with Gasteiger partial charge in [-0.2, -0.15) is 0 Å². The first kappa shape index (κ1) is 25.3. The second-order valence-corrected chi connectivity index (χ2v) is 10.7. The summed E-state index contributed by atoms with van der Waals surface area (Å²) in [6, 6.07) is 28.5. The third-order valence-electron chi connectivity index (χ3n) is 7.52. The van der Waals surface area contributed by atoms with E-state index in [0.29, 0.717) is 5.92 Å². The molecular weight excluding hydrogens is 432 g/mol. The zero-order valence-electron chi connectivity index (χ0n) is 21.7. The number of nitrogens with zero attached hydrogens (tertiary/aromatic N) is 1. The quantitative estimate of drug-likeness (QED) is 0.448. The predicted molar refractivity (Wildman–Crippen MR) is 146 cm³/mol. The van der Waals surface area contributed by atoms with Crippen LogP contribution in [0.15, 0.2) is 78.9 Å². The molecule has 2 N–H and O–H groups in total. The molecule has 0 saturated carbocycles. The van der Waals surface area contributed by atoms with E-state index < -0.39 is 0 Å². The zero-order valence-corrected chi connectivity index (χ0v) is 21.7. The van der Waals surface area contributed by atoms with Gasteiger partial charge >= 0.3 is 0 Å². The maximum atomic E-state index is 9.94. The van der Waals surface area contributed by atoms with Gasteiger partial charge < -0.3 is 20.1 Å². The van der Waals surface area contributed by atoms with Gasteiger partial charge in [0.15, 0.2) is 0 Å². The third-order valence-corrected chi connectivity index (χ3v) is 7.52. The van der Waals surface area contributed by atoms with Crippen molar-refractivity contribution < 1.29 is 9.84 Å². The van der Waals surface area contributed by atoms with Crippen molar-refractivity contribution in [3.63, 3.8) is 0 Å². The summed E-state index contributed by atoms with van der Waals surface area (Å²) < 4.78 is 5.84. The van der Waals surface area contributed by atoms with E-state index in [0.717, 1.165) is 24.4 Å². The van der Waals surface area contributed by atoms with Gasteiger partial charge in [0.25, 0.3) is 0 Å². The van der Waals surface area contributed by atoms with Gasteiger partial charge in [0.05, 0.1) is 12.8 Å². The van der Waals surface area contributed by atoms with Crippen molar-refractivity contribution in [2.45, 2.75) is 50.6 Å². The first-order valence-electron chi connectivity index (χ1n) is 12.7. The van der Waals surface area contributed by atoms with Gasteiger partial charge in [-0.05, 0) is 46.6 Å². The van der Waals surface area contributed by atoms with Crippen molar-refractivity contribution in [1.29, 1.82) is 0 Å². The summed E-state index contributed by atoms with van der Waals surface area (Å²) in [6.07, 6.45) is 0.760. The molecule has 4 heteroatoms. The van der Waals surface area contributed by atoms with Crippen LogP contribution < -0.4 is 15.0 Å². The highest BCUT2D eigenvalue weighted by Crippen LogP contribution is 2.41. The second-order valence-electron chi connectivity index (χ2n) is 10.7. The SMILES string of the molecule is COc1ccc(C(C)(C)C)cc1N(C)[C@H]1[C@H](CCO)CN[C@H]1C(c1ccccc1)c1ccccc1. The fraction of sp³-hybridized carbons (Fsp3) is 0.419. The molecule has 0 bridgehead atoms. The maximum Gasteiger partial charge on any atom is 0.142 e. The van der Waals surface area contributed by atoms with Gasteiger partial charge in [-0.3, -0.25) is 0 Å². The normalized spacial score (nSPS) is 20.3. The van der Waals surface area contributed by atoms with Crippen LogP contribution >= 0.6 is 0 Å². The average molecular weight is 473 g/mol. The van der Waals surface area contributed by atoms with Gasteiger partial charge in [-0.25, -0.2) is 0 Å². The van der Waals surface area contributed by atoms with Crippen molar-refractivity contribution in [2.75, 3.05) is 32.2 Å². The van der Waals surface area contributed by atoms with Crippen LogP contribution in [0.5, 0.6) is 5.75 Å². The van der Waals surface area contributed by atoms with Crippen LogP contribution in [0.1, 0.15) is 49.8 Å². The summed E-state index contributed by atoms with van der Waals surface area (Å²) >= 11 is 0. The second kappa shape index (κ2) is 10.8. The van der Waals surface area contributed by atoms with Gasteiger partial charge in [-0.1, -0.05) is 87.5 Å². The van der Waals surface area contributed by atoms with Crippen LogP contribution in [0.4, 0.5) is 5.69 Å². The molecule has 35 heavy (non-hydrogen) atoms. The summed E-state index contributed by atoms with van der Waals surface area (Å²) in [6.45, 7) is 7.79. The minimum Gasteiger partial charge on any atom is -0.495 e. The molecule has 1 aliphatic rings. The molecule has 4 rings (SSSR count). The van der Waals surface area contributed by atoms with Gasteiger partial charge in [0, 0.05) is 38.2 Å². The Kier molecular flexibility index (Phi) is 7.83. The molecule has 4 nitrogen and oxygen atoms in total. The van der Waals surface area contributed by atoms with E-state index in [1.54, 1.807) is 7.11 Å². The van der Waals surface area contributed by atoms with E-state index in [1.165, 1.54) is 16.7 Å². The van der Waals surface area contributed by atoms with Crippen molar-refractivity contribution in [2.24, 2.45) is 5.92 Å². The number of ether oxygens (including phenoxy) is 1. The number of hydrogen-bond acceptors (Lipinski definition) is 4. The Morgan fingerprint density at radius 3 is 2.09 bits per heavy atom. The molecule has 0 spiro atoms. The van der Waals surface area contributed by atoms with Crippen LogP contribution in [0.2, 0.25) is 0 Å². The summed E-state index contributed by atoms with van der Waals surface area (Å²) in [5.41, 5.74) is 5.02. The topological polar surface area (TPSA) is 44.7 Å². The van der Waals surface area contributed by atoms with Crippen LogP contribution in [0.3, 0.4) is 0 Å². The van der Waals surface area contributed by atoms with Crippen molar-refractivity contribution in [3.8, 4) is 5.75 Å². The van der Waals surface area contributed by atoms with E-state index in [4.69, 9.17) is 4.74 Å². The molecule has 0 unspecified atom stereocenters. The Balaban J connectivity index is 1.81. The van der Waals surface area contributed by atoms with Crippen molar-refractivity contribution in [3.05, 3.63) is 95.6 Å². The number of likely N-dealkylation sites (N-methyl/N-ethyl adjacent to an activating group) is 1. The minimum absolute atomic E-state index is 0.0380. The number of hydrogen-bond donors (Lipinski definition) is 2. The molecule has 1 heterocycles. The lowest BCUT2D eigenvalue weighted by Crippen LogP contribution is -2.48. The smallest absolute Gasteiger partial charge is 0.142 e. The van der Waals surface area contributed by atoms with E-state index in [2.05, 4.69) is 117 Å². The van der Waals surface area contributed by atoms with E-state index in [9.17, 15) is 5.11 Å². The Hall–Kier alpha value is -2.82. The maximum absolute atomic E-state index is 9.94. The summed E-state index contributed by atoms with van der Waals surface area (Å²) in [5, 5.41) is 13.8. The number of aliphatic hydroxyl groups is 1. The third kappa shape index (κ3) is 5.39. The predicted octanol–water partition coefficient (Wildman–Crippen LogP) is 5.60. The molecule has 0 aromatic heterocycles. The van der Waals surface area contributed by atoms with Crippen LogP contribution in [0.25, 0.3) is 0 Å². The lowest BCUT2D eigenvalue weighted by atomic mass is 9.79. The molecule has 1 fully saturated rings. The summed E-state index contributed by atoms with van der Waals surface area (Å²) in [4.78, 5) is 2.40. The highest BCUT2D eigenvalue weighted by atomic mass is 16.5. The summed E-state index contributed by atoms with van der Waals surface area (Å²) in [7, 11) is 3.93. The Labute approximate surface area is 211 Å². The van der Waals surface area contributed by atoms with E-state index >= 15 is 0 Å². The molecule has 0 aliphatic carbocycles. The molecule has 3 atom stereocenters. The molecule has 3 aromatic rings. The number of anilines is 1. The number of methoxy groups -OCH3 is 1. The largest absolute Gasteiger partial charge is 0.495 e. The molecule has 1 aliphatic heterocycles. The Bertz CT molecular complexity index is 1040. The van der Waals surface area contributed by atoms with Crippen molar-refractivity contribution in [1.82, 2.24) is 5.32 Å². The number of nitrogens with one attached hydrogen (secondary N) is 1. The highest BCUT2D eigenvalue weighted by Gasteiger charge is 2.43. The van der Waals surface area contributed by atoms with Crippen LogP contribution in [0, 0.1) is 5.92 Å². The molecule has 186 valence electrons. The van der Waals surface area contributed by atoms with Crippen molar-refractivity contribution >= 4 is 5.69 Å². The molecule has 0 radical (unpaired) electrons. The first-order valence-corrected chi connectivity index (χ1v) is 12.7. The first-order chi connectivity index (χ1) is 16.8. The van der Waals surface area contributed by atoms with Gasteiger partial charge in [0.2, 0.25) is 0 Å². The standard InChI is InChI=1S/C31H40N2O2/c1-31(2,3)25-16-17-27(35-5)26(20-25)33(4)30-24(18-19-34)21-32-29(30)28(22-12-8-6-9-13-22)23-14-10-7-11-15-23/h6-17,20,24,28-30,32,34H,18-19,21H2,1-5H3/t24-,29+,30+/m1/s1. The van der Waals surface area contributed by atoms with Gasteiger partial charge in [-0.15, -0.1) is 0 Å². The fourth-order valence-corrected chi connectivity index (χ4v) is 5.65. The number of benzene rings is 3. The Morgan fingerprint density at radius 1 is 0.971 bits per heavy atom. The van der Waals surface area contributed by atoms with Crippen LogP contribution in [-0.2, 0) is 5.41 Å². The molecule has 3 aromatic carbocycles. The molecule has 1 saturated heterocycles. The highest BCUT2D eigenvalue weighted by molar-refractivity contribution is 5.62. The molecule has 0 amide bonds. The number of aliphatic hydroxyl groups excluding tert-OH is 1.